The highest BCUT2D eigenvalue weighted by molar-refractivity contribution is 7.91. The molecule has 0 bridgehead atoms. The number of amides is 1. The van der Waals surface area contributed by atoms with Crippen molar-refractivity contribution in [1.29, 1.82) is 0 Å². The van der Waals surface area contributed by atoms with Gasteiger partial charge in [-0.3, -0.25) is 9.59 Å². The van der Waals surface area contributed by atoms with Crippen molar-refractivity contribution in [2.45, 2.75) is 30.0 Å². The van der Waals surface area contributed by atoms with Gasteiger partial charge in [0.05, 0.1) is 0 Å². The lowest BCUT2D eigenvalue weighted by Crippen LogP contribution is -2.42. The molecule has 132 valence electrons. The fraction of sp³-hybridized carbons (Fsp3) is 0.294. The van der Waals surface area contributed by atoms with Gasteiger partial charge in [0.15, 0.2) is 5.78 Å². The molecule has 6 nitrogen and oxygen atoms in total. The highest BCUT2D eigenvalue weighted by atomic mass is 32.2. The van der Waals surface area contributed by atoms with E-state index in [1.807, 2.05) is 0 Å². The fourth-order valence-electron chi connectivity index (χ4n) is 2.83. The van der Waals surface area contributed by atoms with Gasteiger partial charge in [-0.05, 0) is 55.5 Å². The van der Waals surface area contributed by atoms with Crippen LogP contribution in [0.25, 0.3) is 0 Å². The molecular formula is C17H18N2O4S2. The Balaban J connectivity index is 1.76. The maximum Gasteiger partial charge on any atom is 0.253 e. The van der Waals surface area contributed by atoms with Gasteiger partial charge in [-0.2, -0.15) is 4.31 Å². The monoisotopic (exact) mass is 378 g/mol. The maximum absolute atomic E-state index is 12.7. The minimum atomic E-state index is -3.65. The summed E-state index contributed by atoms with van der Waals surface area (Å²) < 4.78 is 26.9. The van der Waals surface area contributed by atoms with Crippen molar-refractivity contribution in [1.82, 2.24) is 4.31 Å². The molecule has 25 heavy (non-hydrogen) atoms. The Hall–Kier alpha value is -2.03. The molecule has 8 heteroatoms. The van der Waals surface area contributed by atoms with Crippen molar-refractivity contribution < 1.29 is 18.0 Å². The Morgan fingerprint density at radius 2 is 1.92 bits per heavy atom. The first-order valence-corrected chi connectivity index (χ1v) is 10.2. The second-order valence-electron chi connectivity index (χ2n) is 5.83. The molecule has 1 fully saturated rings. The maximum atomic E-state index is 12.7. The van der Waals surface area contributed by atoms with Crippen LogP contribution in [0.2, 0.25) is 0 Å². The van der Waals surface area contributed by atoms with Gasteiger partial charge in [-0.25, -0.2) is 8.42 Å². The molecule has 1 amide bonds. The van der Waals surface area contributed by atoms with Crippen molar-refractivity contribution in [2.75, 3.05) is 11.9 Å². The van der Waals surface area contributed by atoms with E-state index in [0.717, 1.165) is 11.3 Å². The fourth-order valence-corrected chi connectivity index (χ4v) is 5.61. The highest BCUT2D eigenvalue weighted by Crippen LogP contribution is 2.29. The Bertz CT molecular complexity index is 874. The van der Waals surface area contributed by atoms with E-state index in [0.29, 0.717) is 30.6 Å². The SMILES string of the molecule is CC(=O)c1ccc(NC(=O)[C@@H]2CCCN2S(=O)(=O)c2cccs2)cc1. The number of thiophene rings is 1. The third kappa shape index (κ3) is 3.65. The number of carbonyl (C=O) groups is 2. The van der Waals surface area contributed by atoms with E-state index in [1.54, 1.807) is 41.8 Å². The van der Waals surface area contributed by atoms with Crippen LogP contribution >= 0.6 is 11.3 Å². The summed E-state index contributed by atoms with van der Waals surface area (Å²) >= 11 is 1.15. The quantitative estimate of drug-likeness (QED) is 0.811. The van der Waals surface area contributed by atoms with Crippen LogP contribution in [-0.4, -0.2) is 37.0 Å². The van der Waals surface area contributed by atoms with Gasteiger partial charge < -0.3 is 5.32 Å². The smallest absolute Gasteiger partial charge is 0.253 e. The Kier molecular flexibility index (Phi) is 5.03. The number of benzene rings is 1. The van der Waals surface area contributed by atoms with Crippen LogP contribution in [0.15, 0.2) is 46.0 Å². The van der Waals surface area contributed by atoms with Crippen molar-refractivity contribution in [3.8, 4) is 0 Å². The molecule has 1 aliphatic rings. The molecule has 1 aliphatic heterocycles. The lowest BCUT2D eigenvalue weighted by molar-refractivity contribution is -0.119. The van der Waals surface area contributed by atoms with Crippen molar-refractivity contribution >= 4 is 38.7 Å². The van der Waals surface area contributed by atoms with Crippen molar-refractivity contribution in [3.63, 3.8) is 0 Å². The third-order valence-electron chi connectivity index (χ3n) is 4.12. The van der Waals surface area contributed by atoms with Crippen LogP contribution in [0.5, 0.6) is 0 Å². The van der Waals surface area contributed by atoms with Gasteiger partial charge in [-0.1, -0.05) is 6.07 Å². The van der Waals surface area contributed by atoms with E-state index >= 15 is 0 Å². The number of carbonyl (C=O) groups excluding carboxylic acids is 2. The van der Waals surface area contributed by atoms with E-state index in [1.165, 1.54) is 11.2 Å². The van der Waals surface area contributed by atoms with Crippen molar-refractivity contribution in [3.05, 3.63) is 47.3 Å². The lowest BCUT2D eigenvalue weighted by atomic mass is 10.1. The zero-order valence-electron chi connectivity index (χ0n) is 13.6. The minimum absolute atomic E-state index is 0.0538. The second kappa shape index (κ2) is 7.07. The Labute approximate surface area is 150 Å². The molecular weight excluding hydrogens is 360 g/mol. The second-order valence-corrected chi connectivity index (χ2v) is 8.89. The molecule has 0 unspecified atom stereocenters. The number of ketones is 1. The molecule has 0 saturated carbocycles. The Morgan fingerprint density at radius 3 is 2.52 bits per heavy atom. The molecule has 1 N–H and O–H groups in total. The van der Waals surface area contributed by atoms with Crippen LogP contribution in [0.3, 0.4) is 0 Å². The van der Waals surface area contributed by atoms with E-state index in [4.69, 9.17) is 0 Å². The van der Waals surface area contributed by atoms with Gasteiger partial charge in [0.1, 0.15) is 10.3 Å². The standard InChI is InChI=1S/C17H18N2O4S2/c1-12(20)13-6-8-14(9-7-13)18-17(21)15-4-2-10-19(15)25(22,23)16-5-3-11-24-16/h3,5-9,11,15H,2,4,10H2,1H3,(H,18,21)/t15-/m0/s1. The van der Waals surface area contributed by atoms with E-state index in [9.17, 15) is 18.0 Å². The first kappa shape index (κ1) is 17.8. The van der Waals surface area contributed by atoms with Crippen LogP contribution in [-0.2, 0) is 14.8 Å². The summed E-state index contributed by atoms with van der Waals surface area (Å²) in [6, 6.07) is 9.05. The number of Topliss-reactive ketones (excluding diaryl/α,β-unsaturated/α-hetero) is 1. The number of sulfonamides is 1. The molecule has 2 heterocycles. The van der Waals surface area contributed by atoms with Gasteiger partial charge in [0.25, 0.3) is 10.0 Å². The van der Waals surface area contributed by atoms with Crippen LogP contribution in [0, 0.1) is 0 Å². The summed E-state index contributed by atoms with van der Waals surface area (Å²) in [5, 5.41) is 4.45. The van der Waals surface area contributed by atoms with Crippen LogP contribution < -0.4 is 5.32 Å². The van der Waals surface area contributed by atoms with Crippen LogP contribution in [0.1, 0.15) is 30.1 Å². The molecule has 0 aliphatic carbocycles. The number of hydrogen-bond acceptors (Lipinski definition) is 5. The molecule has 0 radical (unpaired) electrons. The summed E-state index contributed by atoms with van der Waals surface area (Å²) in [5.41, 5.74) is 1.09. The van der Waals surface area contributed by atoms with E-state index in [-0.39, 0.29) is 15.9 Å². The molecule has 2 aromatic rings. The molecule has 0 spiro atoms. The van der Waals surface area contributed by atoms with Gasteiger partial charge in [0, 0.05) is 17.8 Å². The summed E-state index contributed by atoms with van der Waals surface area (Å²) in [5.74, 6) is -0.407. The number of nitrogens with one attached hydrogen (secondary N) is 1. The van der Waals surface area contributed by atoms with Crippen LogP contribution in [0.4, 0.5) is 5.69 Å². The van der Waals surface area contributed by atoms with Gasteiger partial charge >= 0.3 is 0 Å². The van der Waals surface area contributed by atoms with E-state index < -0.39 is 16.1 Å². The molecule has 1 saturated heterocycles. The topological polar surface area (TPSA) is 83.6 Å². The first-order chi connectivity index (χ1) is 11.9. The number of anilines is 1. The molecule has 1 aromatic carbocycles. The summed E-state index contributed by atoms with van der Waals surface area (Å²) in [4.78, 5) is 23.9. The molecule has 3 rings (SSSR count). The zero-order valence-corrected chi connectivity index (χ0v) is 15.3. The predicted molar refractivity (Wildman–Crippen MR) is 96.3 cm³/mol. The lowest BCUT2D eigenvalue weighted by Gasteiger charge is -2.22. The van der Waals surface area contributed by atoms with Gasteiger partial charge in [0.2, 0.25) is 5.91 Å². The number of hydrogen-bond donors (Lipinski definition) is 1. The van der Waals surface area contributed by atoms with Gasteiger partial charge in [-0.15, -0.1) is 11.3 Å². The molecule has 1 aromatic heterocycles. The zero-order chi connectivity index (χ0) is 18.0. The average molecular weight is 378 g/mol. The summed E-state index contributed by atoms with van der Waals surface area (Å²) in [6.07, 6.45) is 1.13. The van der Waals surface area contributed by atoms with E-state index in [2.05, 4.69) is 5.32 Å². The molecule has 1 atom stereocenters. The number of nitrogens with zero attached hydrogens (tertiary/aromatic N) is 1. The minimum Gasteiger partial charge on any atom is -0.325 e. The normalized spacial score (nSPS) is 18.2. The van der Waals surface area contributed by atoms with Crippen molar-refractivity contribution in [2.24, 2.45) is 0 Å². The largest absolute Gasteiger partial charge is 0.325 e. The Morgan fingerprint density at radius 1 is 1.20 bits per heavy atom. The highest BCUT2D eigenvalue weighted by Gasteiger charge is 2.39. The number of rotatable bonds is 5. The predicted octanol–water partition coefficient (Wildman–Crippen LogP) is 2.74. The average Bonchev–Trinajstić information content (AvgIpc) is 3.27. The summed E-state index contributed by atoms with van der Waals surface area (Å²) in [6.45, 7) is 1.81. The first-order valence-electron chi connectivity index (χ1n) is 7.87. The summed E-state index contributed by atoms with van der Waals surface area (Å²) in [7, 11) is -3.65. The third-order valence-corrected chi connectivity index (χ3v) is 7.40.